The number of aliphatic carboxylic acids is 5. The molecule has 14 nitrogen and oxygen atoms in total. The molecule has 43 heavy (non-hydrogen) atoms. The Morgan fingerprint density at radius 2 is 1.21 bits per heavy atom. The van der Waals surface area contributed by atoms with E-state index in [-0.39, 0.29) is 13.0 Å². The monoisotopic (exact) mass is 624 g/mol. The first-order chi connectivity index (χ1) is 20.3. The fraction of sp³-hybridized carbons (Fsp3) is 0.571. The summed E-state index contributed by atoms with van der Waals surface area (Å²) in [6.45, 7) is -0.955. The van der Waals surface area contributed by atoms with Gasteiger partial charge in [0.2, 0.25) is 0 Å². The average molecular weight is 625 g/mol. The van der Waals surface area contributed by atoms with Crippen LogP contribution in [0.2, 0.25) is 0 Å². The number of benzene rings is 1. The summed E-state index contributed by atoms with van der Waals surface area (Å²) in [7, 11) is 0. The minimum absolute atomic E-state index is 0.0536. The van der Waals surface area contributed by atoms with Crippen molar-refractivity contribution in [1.29, 1.82) is 0 Å². The highest BCUT2D eigenvalue weighted by molar-refractivity contribution is 7.80. The Morgan fingerprint density at radius 1 is 0.767 bits per heavy atom. The number of hydrogen-bond donors (Lipinski definition) is 6. The van der Waals surface area contributed by atoms with Crippen LogP contribution in [0.25, 0.3) is 0 Å². The third-order valence-electron chi connectivity index (χ3n) is 7.32. The second kappa shape index (κ2) is 17.5. The highest BCUT2D eigenvalue weighted by atomic mass is 32.1. The molecule has 0 unspecified atom stereocenters. The largest absolute Gasteiger partial charge is 0.480 e. The second-order valence-electron chi connectivity index (χ2n) is 10.6. The van der Waals surface area contributed by atoms with E-state index in [9.17, 15) is 49.5 Å². The van der Waals surface area contributed by atoms with Gasteiger partial charge in [-0.3, -0.25) is 38.7 Å². The van der Waals surface area contributed by atoms with Crippen LogP contribution < -0.4 is 5.32 Å². The van der Waals surface area contributed by atoms with Crippen LogP contribution in [0.5, 0.6) is 0 Å². The van der Waals surface area contributed by atoms with E-state index in [0.29, 0.717) is 37.1 Å². The second-order valence-corrected chi connectivity index (χ2v) is 11.1. The van der Waals surface area contributed by atoms with Gasteiger partial charge < -0.3 is 30.8 Å². The zero-order valence-electron chi connectivity index (χ0n) is 24.1. The fourth-order valence-corrected chi connectivity index (χ4v) is 5.68. The summed E-state index contributed by atoms with van der Waals surface area (Å²) in [5.41, 5.74) is 1.49. The standard InChI is InChI=1S/C28H40N4O10S/c1-2-23(43)29-19-9-7-18(8-10-19)11-20(30(13-24(33)34)14-25(35)36)12-31(15-26(37)38)21-5-3-4-6-22(21)32(16-27(39)40)17-28(41)42/h7-10,20-22H,2-6,11-17H2,1H3,(H,29,43)(H,33,34)(H,35,36)(H,37,38)(H,39,40)(H,41,42)/t20-,21+,22+/m1/s1. The van der Waals surface area contributed by atoms with Crippen molar-refractivity contribution in [3.05, 3.63) is 29.8 Å². The van der Waals surface area contributed by atoms with Gasteiger partial charge >= 0.3 is 29.8 Å². The fourth-order valence-electron chi connectivity index (χ4n) is 5.56. The first kappa shape index (κ1) is 35.5. The highest BCUT2D eigenvalue weighted by Gasteiger charge is 2.38. The van der Waals surface area contributed by atoms with E-state index >= 15 is 0 Å². The van der Waals surface area contributed by atoms with Crippen molar-refractivity contribution < 1.29 is 49.5 Å². The quantitative estimate of drug-likeness (QED) is 0.120. The van der Waals surface area contributed by atoms with E-state index in [1.165, 1.54) is 9.80 Å². The molecule has 3 atom stereocenters. The summed E-state index contributed by atoms with van der Waals surface area (Å²) >= 11 is 5.22. The van der Waals surface area contributed by atoms with Gasteiger partial charge in [-0.2, -0.15) is 0 Å². The van der Waals surface area contributed by atoms with Crippen LogP contribution in [0.3, 0.4) is 0 Å². The Kier molecular flexibility index (Phi) is 14.4. The van der Waals surface area contributed by atoms with Crippen molar-refractivity contribution in [1.82, 2.24) is 14.7 Å². The Hall–Kier alpha value is -3.66. The van der Waals surface area contributed by atoms with Gasteiger partial charge in [-0.1, -0.05) is 44.1 Å². The maximum absolute atomic E-state index is 12.0. The highest BCUT2D eigenvalue weighted by Crippen LogP contribution is 2.28. The van der Waals surface area contributed by atoms with Crippen LogP contribution in [0.4, 0.5) is 5.69 Å². The van der Waals surface area contributed by atoms with E-state index in [1.807, 2.05) is 6.92 Å². The maximum atomic E-state index is 12.0. The van der Waals surface area contributed by atoms with Crippen LogP contribution in [0.1, 0.15) is 44.6 Å². The summed E-state index contributed by atoms with van der Waals surface area (Å²) in [5, 5.41) is 51.0. The topological polar surface area (TPSA) is 208 Å². The number of carboxylic acids is 5. The Morgan fingerprint density at radius 3 is 1.65 bits per heavy atom. The van der Waals surface area contributed by atoms with Gasteiger partial charge in [0, 0.05) is 30.4 Å². The number of nitrogens with zero attached hydrogens (tertiary/aromatic N) is 3. The zero-order valence-corrected chi connectivity index (χ0v) is 24.9. The molecule has 0 radical (unpaired) electrons. The molecule has 1 saturated carbocycles. The molecule has 0 aromatic heterocycles. The van der Waals surface area contributed by atoms with Crippen LogP contribution in [0.15, 0.2) is 24.3 Å². The minimum atomic E-state index is -1.26. The molecular weight excluding hydrogens is 584 g/mol. The zero-order chi connectivity index (χ0) is 32.1. The van der Waals surface area contributed by atoms with Gasteiger partial charge in [-0.05, 0) is 43.4 Å². The first-order valence-corrected chi connectivity index (χ1v) is 14.4. The summed E-state index contributed by atoms with van der Waals surface area (Å²) in [5.74, 6) is -6.14. The Bertz CT molecular complexity index is 1120. The number of nitrogens with one attached hydrogen (secondary N) is 1. The van der Waals surface area contributed by atoms with E-state index in [0.717, 1.165) is 11.3 Å². The summed E-state index contributed by atoms with van der Waals surface area (Å²) in [6, 6.07) is 5.23. The smallest absolute Gasteiger partial charge is 0.317 e. The molecule has 0 spiro atoms. The molecule has 1 fully saturated rings. The molecule has 1 aliphatic carbocycles. The van der Waals surface area contributed by atoms with E-state index in [4.69, 9.17) is 12.2 Å². The molecule has 238 valence electrons. The van der Waals surface area contributed by atoms with Gasteiger partial charge in [0.25, 0.3) is 0 Å². The first-order valence-electron chi connectivity index (χ1n) is 14.0. The lowest BCUT2D eigenvalue weighted by Gasteiger charge is -2.45. The van der Waals surface area contributed by atoms with Gasteiger partial charge in [-0.15, -0.1) is 0 Å². The molecule has 0 saturated heterocycles. The lowest BCUT2D eigenvalue weighted by molar-refractivity contribution is -0.146. The number of thiocarbonyl (C=S) groups is 1. The third kappa shape index (κ3) is 12.6. The van der Waals surface area contributed by atoms with Crippen molar-refractivity contribution in [2.45, 2.75) is 63.6 Å². The van der Waals surface area contributed by atoms with Gasteiger partial charge in [0.15, 0.2) is 0 Å². The van der Waals surface area contributed by atoms with Crippen molar-refractivity contribution in [2.75, 3.05) is 44.6 Å². The molecule has 0 bridgehead atoms. The Balaban J connectivity index is 2.49. The molecule has 0 amide bonds. The van der Waals surface area contributed by atoms with Crippen molar-refractivity contribution in [3.63, 3.8) is 0 Å². The molecule has 15 heteroatoms. The maximum Gasteiger partial charge on any atom is 0.317 e. The molecule has 2 rings (SSSR count). The predicted octanol–water partition coefficient (Wildman–Crippen LogP) is 1.39. The van der Waals surface area contributed by atoms with Crippen LogP contribution in [0, 0.1) is 0 Å². The van der Waals surface area contributed by atoms with Gasteiger partial charge in [0.1, 0.15) is 0 Å². The van der Waals surface area contributed by atoms with Gasteiger partial charge in [0.05, 0.1) is 37.7 Å². The molecule has 1 aromatic rings. The van der Waals surface area contributed by atoms with Gasteiger partial charge in [-0.25, -0.2) is 0 Å². The lowest BCUT2D eigenvalue weighted by Crippen LogP contribution is -2.59. The Labute approximate surface area is 254 Å². The summed E-state index contributed by atoms with van der Waals surface area (Å²) in [6.07, 6.45) is 3.10. The minimum Gasteiger partial charge on any atom is -0.480 e. The average Bonchev–Trinajstić information content (AvgIpc) is 2.91. The number of rotatable bonds is 19. The molecule has 0 heterocycles. The van der Waals surface area contributed by atoms with Crippen molar-refractivity contribution in [2.24, 2.45) is 0 Å². The summed E-state index contributed by atoms with van der Waals surface area (Å²) in [4.78, 5) is 63.6. The number of carboxylic acid groups (broad SMARTS) is 5. The molecule has 1 aliphatic rings. The van der Waals surface area contributed by atoms with Crippen molar-refractivity contribution >= 4 is 52.7 Å². The van der Waals surface area contributed by atoms with E-state index in [2.05, 4.69) is 5.32 Å². The van der Waals surface area contributed by atoms with Crippen LogP contribution in [-0.4, -0.2) is 132 Å². The molecule has 6 N–H and O–H groups in total. The predicted molar refractivity (Wildman–Crippen MR) is 159 cm³/mol. The molecule has 0 aliphatic heterocycles. The number of hydrogen-bond acceptors (Lipinski definition) is 9. The van der Waals surface area contributed by atoms with Crippen LogP contribution >= 0.6 is 12.2 Å². The van der Waals surface area contributed by atoms with E-state index < -0.39 is 80.7 Å². The number of anilines is 1. The lowest BCUT2D eigenvalue weighted by atomic mass is 9.87. The molecular formula is C28H40N4O10S. The van der Waals surface area contributed by atoms with Crippen molar-refractivity contribution in [3.8, 4) is 0 Å². The SMILES string of the molecule is CCC(=S)Nc1ccc(C[C@H](CN(CC(=O)O)[C@H]2CCCC[C@@H]2N(CC(=O)O)CC(=O)O)N(CC(=O)O)CC(=O)O)cc1. The third-order valence-corrected chi connectivity index (χ3v) is 7.71. The molecule has 1 aromatic carbocycles. The van der Waals surface area contributed by atoms with E-state index in [1.54, 1.807) is 29.2 Å². The van der Waals surface area contributed by atoms with Crippen LogP contribution in [-0.2, 0) is 30.4 Å². The summed E-state index contributed by atoms with van der Waals surface area (Å²) < 4.78 is 0. The normalized spacial score (nSPS) is 17.5. The number of carbonyl (C=O) groups is 5.